The molecule has 0 radical (unpaired) electrons. The molecule has 0 atom stereocenters. The van der Waals surface area contributed by atoms with Crippen LogP contribution in [0.4, 0.5) is 4.39 Å². The molecular weight excluding hydrogens is 421 g/mol. The minimum Gasteiger partial charge on any atom is -0.492 e. The SMILES string of the molecule is O=C(Cc1ccc(-c2ccc(OCCN3CCNCC3)cc2F)cc1)NCc1ccncn1. The molecule has 1 aliphatic rings. The fourth-order valence-corrected chi connectivity index (χ4v) is 3.71. The van der Waals surface area contributed by atoms with Crippen LogP contribution in [0.5, 0.6) is 5.75 Å². The molecule has 0 unspecified atom stereocenters. The van der Waals surface area contributed by atoms with E-state index in [1.165, 1.54) is 12.4 Å². The van der Waals surface area contributed by atoms with Crippen LogP contribution in [0.3, 0.4) is 0 Å². The van der Waals surface area contributed by atoms with Gasteiger partial charge in [0.25, 0.3) is 0 Å². The zero-order valence-electron chi connectivity index (χ0n) is 18.5. The van der Waals surface area contributed by atoms with E-state index < -0.39 is 0 Å². The van der Waals surface area contributed by atoms with Gasteiger partial charge in [0.15, 0.2) is 0 Å². The number of rotatable bonds is 9. The maximum absolute atomic E-state index is 14.7. The number of hydrogen-bond acceptors (Lipinski definition) is 6. The summed E-state index contributed by atoms with van der Waals surface area (Å²) in [6.45, 7) is 5.73. The number of piperazine rings is 1. The summed E-state index contributed by atoms with van der Waals surface area (Å²) in [5.74, 6) is 0.100. The molecule has 1 aromatic heterocycles. The van der Waals surface area contributed by atoms with E-state index in [0.29, 0.717) is 24.5 Å². The molecule has 33 heavy (non-hydrogen) atoms. The Balaban J connectivity index is 1.28. The van der Waals surface area contributed by atoms with E-state index in [9.17, 15) is 9.18 Å². The van der Waals surface area contributed by atoms with Crippen LogP contribution in [0.2, 0.25) is 0 Å². The predicted octanol–water partition coefficient (Wildman–Crippen LogP) is 2.43. The van der Waals surface area contributed by atoms with Gasteiger partial charge in [-0.25, -0.2) is 14.4 Å². The van der Waals surface area contributed by atoms with E-state index in [1.54, 1.807) is 24.4 Å². The molecule has 0 saturated carbocycles. The molecule has 1 amide bonds. The molecule has 172 valence electrons. The zero-order valence-corrected chi connectivity index (χ0v) is 18.5. The molecular formula is C25H28FN5O2. The van der Waals surface area contributed by atoms with Crippen LogP contribution in [-0.4, -0.2) is 60.1 Å². The Labute approximate surface area is 193 Å². The quantitative estimate of drug-likeness (QED) is 0.522. The highest BCUT2D eigenvalue weighted by Gasteiger charge is 2.11. The summed E-state index contributed by atoms with van der Waals surface area (Å²) in [7, 11) is 0. The maximum atomic E-state index is 14.7. The van der Waals surface area contributed by atoms with Gasteiger partial charge in [-0.15, -0.1) is 0 Å². The monoisotopic (exact) mass is 449 g/mol. The normalized spacial score (nSPS) is 14.1. The standard InChI is InChI=1S/C25H28FN5O2/c26-24-16-22(33-14-13-31-11-9-27-10-12-31)5-6-23(24)20-3-1-19(2-4-20)15-25(32)29-17-21-7-8-28-18-30-21/h1-8,16,18,27H,9-15,17H2,(H,29,32). The van der Waals surface area contributed by atoms with Crippen molar-refractivity contribution in [2.45, 2.75) is 13.0 Å². The lowest BCUT2D eigenvalue weighted by Gasteiger charge is -2.26. The van der Waals surface area contributed by atoms with Crippen LogP contribution in [-0.2, 0) is 17.8 Å². The first-order chi connectivity index (χ1) is 16.2. The fourth-order valence-electron chi connectivity index (χ4n) is 3.71. The Hall–Kier alpha value is -3.36. The number of nitrogens with one attached hydrogen (secondary N) is 2. The molecule has 0 spiro atoms. The molecule has 2 N–H and O–H groups in total. The summed E-state index contributed by atoms with van der Waals surface area (Å²) in [6, 6.07) is 14.1. The highest BCUT2D eigenvalue weighted by atomic mass is 19.1. The highest BCUT2D eigenvalue weighted by molar-refractivity contribution is 5.78. The lowest BCUT2D eigenvalue weighted by molar-refractivity contribution is -0.120. The smallest absolute Gasteiger partial charge is 0.224 e. The first kappa shape index (κ1) is 22.8. The lowest BCUT2D eigenvalue weighted by atomic mass is 10.0. The van der Waals surface area contributed by atoms with Crippen molar-refractivity contribution in [3.05, 3.63) is 78.1 Å². The Morgan fingerprint density at radius 3 is 2.67 bits per heavy atom. The molecule has 8 heteroatoms. The minimum atomic E-state index is -0.329. The molecule has 0 aliphatic carbocycles. The maximum Gasteiger partial charge on any atom is 0.224 e. The van der Waals surface area contributed by atoms with Gasteiger partial charge in [0.2, 0.25) is 5.91 Å². The van der Waals surface area contributed by atoms with Crippen molar-refractivity contribution in [2.75, 3.05) is 39.3 Å². The number of carbonyl (C=O) groups is 1. The number of carbonyl (C=O) groups excluding carboxylic acids is 1. The van der Waals surface area contributed by atoms with E-state index in [1.807, 2.05) is 24.3 Å². The first-order valence-electron chi connectivity index (χ1n) is 11.1. The van der Waals surface area contributed by atoms with E-state index in [2.05, 4.69) is 25.5 Å². The van der Waals surface area contributed by atoms with Gasteiger partial charge in [0.05, 0.1) is 18.7 Å². The topological polar surface area (TPSA) is 79.4 Å². The van der Waals surface area contributed by atoms with Crippen molar-refractivity contribution < 1.29 is 13.9 Å². The number of halogens is 1. The van der Waals surface area contributed by atoms with E-state index in [-0.39, 0.29) is 18.1 Å². The van der Waals surface area contributed by atoms with E-state index in [0.717, 1.165) is 49.5 Å². The third kappa shape index (κ3) is 6.81. The lowest BCUT2D eigenvalue weighted by Crippen LogP contribution is -2.44. The second kappa shape index (κ2) is 11.5. The molecule has 1 fully saturated rings. The average Bonchev–Trinajstić information content (AvgIpc) is 2.85. The number of aromatic nitrogens is 2. The Bertz CT molecular complexity index is 1040. The van der Waals surface area contributed by atoms with Crippen molar-refractivity contribution >= 4 is 5.91 Å². The largest absolute Gasteiger partial charge is 0.492 e. The number of amides is 1. The van der Waals surface area contributed by atoms with Crippen molar-refractivity contribution in [1.29, 1.82) is 0 Å². The van der Waals surface area contributed by atoms with Crippen molar-refractivity contribution in [1.82, 2.24) is 25.5 Å². The summed E-state index contributed by atoms with van der Waals surface area (Å²) in [5.41, 5.74) is 2.86. The van der Waals surface area contributed by atoms with Crippen molar-refractivity contribution in [3.8, 4) is 16.9 Å². The minimum absolute atomic E-state index is 0.102. The van der Waals surface area contributed by atoms with Gasteiger partial charge in [-0.2, -0.15) is 0 Å². The van der Waals surface area contributed by atoms with Crippen molar-refractivity contribution in [3.63, 3.8) is 0 Å². The number of ether oxygens (including phenoxy) is 1. The summed E-state index contributed by atoms with van der Waals surface area (Å²) in [5, 5.41) is 6.16. The molecule has 1 saturated heterocycles. The summed E-state index contributed by atoms with van der Waals surface area (Å²) >= 11 is 0. The highest BCUT2D eigenvalue weighted by Crippen LogP contribution is 2.26. The van der Waals surface area contributed by atoms with E-state index >= 15 is 0 Å². The van der Waals surface area contributed by atoms with Crippen LogP contribution in [0, 0.1) is 5.82 Å². The van der Waals surface area contributed by atoms with Gasteiger partial charge in [-0.05, 0) is 29.3 Å². The third-order valence-electron chi connectivity index (χ3n) is 5.57. The van der Waals surface area contributed by atoms with Crippen LogP contribution in [0.1, 0.15) is 11.3 Å². The Morgan fingerprint density at radius 2 is 1.94 bits per heavy atom. The first-order valence-corrected chi connectivity index (χ1v) is 11.1. The molecule has 4 rings (SSSR count). The molecule has 2 heterocycles. The Morgan fingerprint density at radius 1 is 1.12 bits per heavy atom. The van der Waals surface area contributed by atoms with Gasteiger partial charge in [-0.1, -0.05) is 24.3 Å². The van der Waals surface area contributed by atoms with Crippen LogP contribution in [0.15, 0.2) is 61.1 Å². The van der Waals surface area contributed by atoms with Gasteiger partial charge < -0.3 is 15.4 Å². The van der Waals surface area contributed by atoms with Gasteiger partial charge >= 0.3 is 0 Å². The second-order valence-corrected chi connectivity index (χ2v) is 7.93. The van der Waals surface area contributed by atoms with E-state index in [4.69, 9.17) is 4.74 Å². The molecule has 1 aliphatic heterocycles. The number of hydrogen-bond donors (Lipinski definition) is 2. The summed E-state index contributed by atoms with van der Waals surface area (Å²) in [4.78, 5) is 22.5. The predicted molar refractivity (Wildman–Crippen MR) is 124 cm³/mol. The average molecular weight is 450 g/mol. The Kier molecular flexibility index (Phi) is 7.94. The van der Waals surface area contributed by atoms with Crippen LogP contribution < -0.4 is 15.4 Å². The van der Waals surface area contributed by atoms with Gasteiger partial charge in [0.1, 0.15) is 24.5 Å². The third-order valence-corrected chi connectivity index (χ3v) is 5.57. The second-order valence-electron chi connectivity index (χ2n) is 7.93. The summed E-state index contributed by atoms with van der Waals surface area (Å²) < 4.78 is 20.5. The van der Waals surface area contributed by atoms with Crippen molar-refractivity contribution in [2.24, 2.45) is 0 Å². The number of benzene rings is 2. The zero-order chi connectivity index (χ0) is 22.9. The number of nitrogens with zero attached hydrogens (tertiary/aromatic N) is 3. The fraction of sp³-hybridized carbons (Fsp3) is 0.320. The molecule has 2 aromatic carbocycles. The van der Waals surface area contributed by atoms with Crippen LogP contribution in [0.25, 0.3) is 11.1 Å². The molecule has 7 nitrogen and oxygen atoms in total. The molecule has 0 bridgehead atoms. The summed E-state index contributed by atoms with van der Waals surface area (Å²) in [6.07, 6.45) is 3.33. The van der Waals surface area contributed by atoms with Gasteiger partial charge in [0, 0.05) is 50.6 Å². The van der Waals surface area contributed by atoms with Gasteiger partial charge in [-0.3, -0.25) is 9.69 Å². The molecule has 3 aromatic rings. The van der Waals surface area contributed by atoms with Crippen LogP contribution >= 0.6 is 0 Å².